The number of carboxylic acid groups (broad SMARTS) is 1. The molecule has 1 aromatic carbocycles. The second kappa shape index (κ2) is 5.85. The first-order chi connectivity index (χ1) is 8.30. The number of halogens is 1. The Morgan fingerprint density at radius 1 is 1.39 bits per heavy atom. The van der Waals surface area contributed by atoms with Crippen LogP contribution < -0.4 is 0 Å². The summed E-state index contributed by atoms with van der Waals surface area (Å²) in [6, 6.07) is 8.07. The van der Waals surface area contributed by atoms with Crippen LogP contribution in [0.25, 0.3) is 0 Å². The zero-order valence-corrected chi connectivity index (χ0v) is 12.9. The third kappa shape index (κ3) is 3.12. The Balaban J connectivity index is 3.02. The van der Waals surface area contributed by atoms with Crippen molar-refractivity contribution in [2.75, 3.05) is 6.54 Å². The van der Waals surface area contributed by atoms with Crippen molar-refractivity contribution in [1.82, 2.24) is 4.90 Å². The van der Waals surface area contributed by atoms with Gasteiger partial charge >= 0.3 is 5.97 Å². The molecule has 0 amide bonds. The van der Waals surface area contributed by atoms with E-state index >= 15 is 0 Å². The van der Waals surface area contributed by atoms with Crippen molar-refractivity contribution >= 4 is 21.9 Å². The van der Waals surface area contributed by atoms with E-state index in [2.05, 4.69) is 15.9 Å². The minimum Gasteiger partial charge on any atom is -0.480 e. The van der Waals surface area contributed by atoms with Crippen LogP contribution in [0.5, 0.6) is 0 Å². The van der Waals surface area contributed by atoms with Crippen LogP contribution in [0.1, 0.15) is 39.3 Å². The third-order valence-electron chi connectivity index (χ3n) is 3.40. The van der Waals surface area contributed by atoms with Gasteiger partial charge in [0.15, 0.2) is 0 Å². The van der Waals surface area contributed by atoms with Crippen molar-refractivity contribution in [2.24, 2.45) is 0 Å². The summed E-state index contributed by atoms with van der Waals surface area (Å²) in [5, 5.41) is 9.33. The van der Waals surface area contributed by atoms with Gasteiger partial charge in [-0.1, -0.05) is 35.0 Å². The number of rotatable bonds is 5. The lowest BCUT2D eigenvalue weighted by atomic mass is 9.97. The van der Waals surface area contributed by atoms with Gasteiger partial charge in [-0.05, 0) is 45.0 Å². The Hall–Kier alpha value is -0.870. The number of aliphatic carboxylic acids is 1. The highest BCUT2D eigenvalue weighted by Gasteiger charge is 2.36. The van der Waals surface area contributed by atoms with E-state index in [1.165, 1.54) is 0 Å². The SMILES string of the molecule is CCN(C(C)c1ccc(Br)cc1)C(C)(C)C(=O)O. The number of nitrogens with zero attached hydrogens (tertiary/aromatic N) is 1. The summed E-state index contributed by atoms with van der Waals surface area (Å²) in [7, 11) is 0. The molecule has 0 spiro atoms. The highest BCUT2D eigenvalue weighted by Crippen LogP contribution is 2.28. The van der Waals surface area contributed by atoms with Crippen molar-refractivity contribution < 1.29 is 9.90 Å². The normalized spacial score (nSPS) is 13.7. The average Bonchev–Trinajstić information content (AvgIpc) is 2.30. The molecule has 0 heterocycles. The molecule has 4 heteroatoms. The van der Waals surface area contributed by atoms with Crippen molar-refractivity contribution in [3.63, 3.8) is 0 Å². The predicted octanol–water partition coefficient (Wildman–Crippen LogP) is 3.70. The van der Waals surface area contributed by atoms with Crippen LogP contribution in [-0.2, 0) is 4.79 Å². The second-order valence-electron chi connectivity index (χ2n) is 4.88. The fraction of sp³-hybridized carbons (Fsp3) is 0.500. The molecule has 0 bridgehead atoms. The summed E-state index contributed by atoms with van der Waals surface area (Å²) in [6.07, 6.45) is 0. The lowest BCUT2D eigenvalue weighted by Crippen LogP contribution is -2.50. The number of carbonyl (C=O) groups is 1. The quantitative estimate of drug-likeness (QED) is 0.901. The fourth-order valence-electron chi connectivity index (χ4n) is 2.20. The van der Waals surface area contributed by atoms with E-state index in [1.807, 2.05) is 43.0 Å². The van der Waals surface area contributed by atoms with Gasteiger partial charge in [0.05, 0.1) is 0 Å². The van der Waals surface area contributed by atoms with Gasteiger partial charge in [-0.2, -0.15) is 0 Å². The Labute approximate surface area is 117 Å². The summed E-state index contributed by atoms with van der Waals surface area (Å²) >= 11 is 3.40. The van der Waals surface area contributed by atoms with Crippen molar-refractivity contribution in [3.8, 4) is 0 Å². The molecule has 0 aliphatic heterocycles. The predicted molar refractivity (Wildman–Crippen MR) is 76.7 cm³/mol. The molecule has 0 fully saturated rings. The molecule has 0 saturated heterocycles. The van der Waals surface area contributed by atoms with Gasteiger partial charge < -0.3 is 5.11 Å². The Bertz CT molecular complexity index is 414. The molecule has 1 aromatic rings. The molecule has 1 N–H and O–H groups in total. The molecule has 0 aliphatic rings. The smallest absolute Gasteiger partial charge is 0.323 e. The van der Waals surface area contributed by atoms with Gasteiger partial charge in [0.1, 0.15) is 5.54 Å². The van der Waals surface area contributed by atoms with E-state index in [1.54, 1.807) is 13.8 Å². The van der Waals surface area contributed by atoms with Crippen molar-refractivity contribution in [1.29, 1.82) is 0 Å². The first kappa shape index (κ1) is 15.2. The minimum absolute atomic E-state index is 0.0641. The highest BCUT2D eigenvalue weighted by molar-refractivity contribution is 9.10. The molecule has 18 heavy (non-hydrogen) atoms. The van der Waals surface area contributed by atoms with Crippen LogP contribution in [-0.4, -0.2) is 28.1 Å². The largest absolute Gasteiger partial charge is 0.480 e. The monoisotopic (exact) mass is 313 g/mol. The topological polar surface area (TPSA) is 40.5 Å². The molecule has 0 aliphatic carbocycles. The summed E-state index contributed by atoms with van der Waals surface area (Å²) in [5.74, 6) is -0.798. The van der Waals surface area contributed by atoms with Crippen LogP contribution in [0.15, 0.2) is 28.7 Å². The molecular weight excluding hydrogens is 294 g/mol. The molecule has 0 saturated carbocycles. The van der Waals surface area contributed by atoms with Gasteiger partial charge in [-0.3, -0.25) is 9.69 Å². The van der Waals surface area contributed by atoms with Crippen molar-refractivity contribution in [2.45, 2.75) is 39.3 Å². The van der Waals surface area contributed by atoms with E-state index in [0.717, 1.165) is 10.0 Å². The summed E-state index contributed by atoms with van der Waals surface area (Å²) in [4.78, 5) is 13.3. The average molecular weight is 314 g/mol. The standard InChI is InChI=1S/C14H20BrNO2/c1-5-16(14(3,4)13(17)18)10(2)11-6-8-12(15)9-7-11/h6-10H,5H2,1-4H3,(H,17,18). The number of carboxylic acids is 1. The first-order valence-corrected chi connectivity index (χ1v) is 6.85. The molecule has 100 valence electrons. The molecule has 3 nitrogen and oxygen atoms in total. The maximum atomic E-state index is 11.4. The summed E-state index contributed by atoms with van der Waals surface area (Å²) < 4.78 is 1.03. The first-order valence-electron chi connectivity index (χ1n) is 6.06. The van der Waals surface area contributed by atoms with Crippen molar-refractivity contribution in [3.05, 3.63) is 34.3 Å². The molecule has 1 atom stereocenters. The molecular formula is C14H20BrNO2. The Morgan fingerprint density at radius 3 is 2.28 bits per heavy atom. The zero-order chi connectivity index (χ0) is 13.9. The lowest BCUT2D eigenvalue weighted by molar-refractivity contribution is -0.150. The van der Waals surface area contributed by atoms with Gasteiger partial charge in [0.25, 0.3) is 0 Å². The van der Waals surface area contributed by atoms with Crippen LogP contribution in [0.3, 0.4) is 0 Å². The maximum absolute atomic E-state index is 11.4. The molecule has 1 unspecified atom stereocenters. The maximum Gasteiger partial charge on any atom is 0.323 e. The number of hydrogen-bond acceptors (Lipinski definition) is 2. The van der Waals surface area contributed by atoms with Gasteiger partial charge in [-0.15, -0.1) is 0 Å². The molecule has 0 radical (unpaired) electrons. The van der Waals surface area contributed by atoms with E-state index in [0.29, 0.717) is 6.54 Å². The second-order valence-corrected chi connectivity index (χ2v) is 5.79. The number of hydrogen-bond donors (Lipinski definition) is 1. The van der Waals surface area contributed by atoms with Gasteiger partial charge in [0.2, 0.25) is 0 Å². The van der Waals surface area contributed by atoms with E-state index < -0.39 is 11.5 Å². The number of benzene rings is 1. The third-order valence-corrected chi connectivity index (χ3v) is 3.93. The molecule has 1 rings (SSSR count). The molecule has 0 aromatic heterocycles. The van der Waals surface area contributed by atoms with E-state index in [9.17, 15) is 9.90 Å². The summed E-state index contributed by atoms with van der Waals surface area (Å²) in [5.41, 5.74) is 0.246. The van der Waals surface area contributed by atoms with E-state index in [4.69, 9.17) is 0 Å². The van der Waals surface area contributed by atoms with Crippen LogP contribution in [0, 0.1) is 0 Å². The Kier molecular flexibility index (Phi) is 4.93. The van der Waals surface area contributed by atoms with Gasteiger partial charge in [-0.25, -0.2) is 0 Å². The van der Waals surface area contributed by atoms with Crippen LogP contribution in [0.2, 0.25) is 0 Å². The summed E-state index contributed by atoms with van der Waals surface area (Å²) in [6.45, 7) is 8.20. The van der Waals surface area contributed by atoms with Gasteiger partial charge in [0, 0.05) is 10.5 Å². The van der Waals surface area contributed by atoms with Crippen LogP contribution >= 0.6 is 15.9 Å². The lowest BCUT2D eigenvalue weighted by Gasteiger charge is -2.39. The van der Waals surface area contributed by atoms with Crippen LogP contribution in [0.4, 0.5) is 0 Å². The minimum atomic E-state index is -0.874. The fourth-order valence-corrected chi connectivity index (χ4v) is 2.46. The van der Waals surface area contributed by atoms with E-state index in [-0.39, 0.29) is 6.04 Å². The number of likely N-dealkylation sites (N-methyl/N-ethyl adjacent to an activating group) is 1. The zero-order valence-electron chi connectivity index (χ0n) is 11.3. The Morgan fingerprint density at radius 2 is 1.89 bits per heavy atom. The highest BCUT2D eigenvalue weighted by atomic mass is 79.9.